The van der Waals surface area contributed by atoms with Gasteiger partial charge in [0.25, 0.3) is 0 Å². The number of anilines is 1. The van der Waals surface area contributed by atoms with E-state index in [1.54, 1.807) is 7.11 Å². The Hall–Kier alpha value is -1.63. The molecule has 0 heterocycles. The molecule has 0 amide bonds. The van der Waals surface area contributed by atoms with Crippen LogP contribution >= 0.6 is 45.8 Å². The van der Waals surface area contributed by atoms with Crippen molar-refractivity contribution in [2.24, 2.45) is 0 Å². The van der Waals surface area contributed by atoms with Gasteiger partial charge < -0.3 is 14.8 Å². The van der Waals surface area contributed by atoms with Gasteiger partial charge in [-0.15, -0.1) is 0 Å². The summed E-state index contributed by atoms with van der Waals surface area (Å²) in [6.07, 6.45) is 0. The van der Waals surface area contributed by atoms with Gasteiger partial charge in [0.15, 0.2) is 11.5 Å². The van der Waals surface area contributed by atoms with Gasteiger partial charge in [-0.05, 0) is 76.2 Å². The van der Waals surface area contributed by atoms with E-state index in [1.165, 1.54) is 0 Å². The monoisotopic (exact) mass is 513 g/mol. The SMILES string of the molecule is COc1cc(CNc2cccc(Cl)c2)cc(I)c1OCc1cccc(Cl)c1. The third-order valence-electron chi connectivity index (χ3n) is 3.88. The van der Waals surface area contributed by atoms with Gasteiger partial charge in [-0.1, -0.05) is 41.4 Å². The second-order valence-corrected chi connectivity index (χ2v) is 7.93. The van der Waals surface area contributed by atoms with Crippen molar-refractivity contribution in [2.75, 3.05) is 12.4 Å². The van der Waals surface area contributed by atoms with Crippen molar-refractivity contribution in [1.82, 2.24) is 0 Å². The van der Waals surface area contributed by atoms with E-state index in [2.05, 4.69) is 34.0 Å². The molecule has 0 bridgehead atoms. The number of hydrogen-bond donors (Lipinski definition) is 1. The van der Waals surface area contributed by atoms with E-state index in [9.17, 15) is 0 Å². The van der Waals surface area contributed by atoms with Gasteiger partial charge in [0, 0.05) is 22.3 Å². The Morgan fingerprint density at radius 1 is 0.926 bits per heavy atom. The zero-order valence-corrected chi connectivity index (χ0v) is 18.3. The van der Waals surface area contributed by atoms with E-state index in [4.69, 9.17) is 32.7 Å². The lowest BCUT2D eigenvalue weighted by molar-refractivity contribution is 0.282. The first-order chi connectivity index (χ1) is 13.0. The smallest absolute Gasteiger partial charge is 0.174 e. The molecule has 3 aromatic carbocycles. The summed E-state index contributed by atoms with van der Waals surface area (Å²) in [5, 5.41) is 4.77. The lowest BCUT2D eigenvalue weighted by atomic mass is 10.2. The summed E-state index contributed by atoms with van der Waals surface area (Å²) in [7, 11) is 1.64. The largest absolute Gasteiger partial charge is 0.493 e. The van der Waals surface area contributed by atoms with Gasteiger partial charge in [0.1, 0.15) is 6.61 Å². The summed E-state index contributed by atoms with van der Waals surface area (Å²) in [5.41, 5.74) is 3.07. The summed E-state index contributed by atoms with van der Waals surface area (Å²) in [5.74, 6) is 1.43. The molecule has 0 aromatic heterocycles. The third kappa shape index (κ3) is 5.67. The van der Waals surface area contributed by atoms with Crippen LogP contribution in [-0.4, -0.2) is 7.11 Å². The summed E-state index contributed by atoms with van der Waals surface area (Å²) in [6.45, 7) is 1.08. The summed E-state index contributed by atoms with van der Waals surface area (Å²) in [4.78, 5) is 0. The van der Waals surface area contributed by atoms with Crippen LogP contribution in [0.15, 0.2) is 60.7 Å². The fourth-order valence-corrected chi connectivity index (χ4v) is 3.82. The molecule has 3 rings (SSSR count). The molecule has 0 unspecified atom stereocenters. The Morgan fingerprint density at radius 3 is 2.37 bits per heavy atom. The fraction of sp³-hybridized carbons (Fsp3) is 0.143. The summed E-state index contributed by atoms with van der Waals surface area (Å²) in [6, 6.07) is 19.3. The van der Waals surface area contributed by atoms with Gasteiger partial charge >= 0.3 is 0 Å². The number of hydrogen-bond acceptors (Lipinski definition) is 3. The molecule has 0 saturated carbocycles. The maximum Gasteiger partial charge on any atom is 0.174 e. The predicted octanol–water partition coefficient (Wildman–Crippen LogP) is 6.80. The molecule has 0 aliphatic heterocycles. The first kappa shape index (κ1) is 20.1. The highest BCUT2D eigenvalue weighted by molar-refractivity contribution is 14.1. The molecule has 0 aliphatic rings. The Kier molecular flexibility index (Phi) is 7.10. The van der Waals surface area contributed by atoms with Crippen LogP contribution in [-0.2, 0) is 13.2 Å². The van der Waals surface area contributed by atoms with Gasteiger partial charge in [0.05, 0.1) is 10.7 Å². The maximum absolute atomic E-state index is 6.04. The zero-order valence-electron chi connectivity index (χ0n) is 14.6. The fourth-order valence-electron chi connectivity index (χ4n) is 2.60. The minimum Gasteiger partial charge on any atom is -0.493 e. The van der Waals surface area contributed by atoms with Crippen molar-refractivity contribution >= 4 is 51.5 Å². The van der Waals surface area contributed by atoms with Crippen molar-refractivity contribution in [1.29, 1.82) is 0 Å². The number of nitrogens with one attached hydrogen (secondary N) is 1. The van der Waals surface area contributed by atoms with Crippen LogP contribution in [0.4, 0.5) is 5.69 Å². The minimum atomic E-state index is 0.424. The Labute approximate surface area is 182 Å². The van der Waals surface area contributed by atoms with Gasteiger partial charge in [-0.25, -0.2) is 0 Å². The van der Waals surface area contributed by atoms with Crippen LogP contribution < -0.4 is 14.8 Å². The summed E-state index contributed by atoms with van der Waals surface area (Å²) >= 11 is 14.3. The third-order valence-corrected chi connectivity index (χ3v) is 5.15. The lowest BCUT2D eigenvalue weighted by Crippen LogP contribution is -2.03. The lowest BCUT2D eigenvalue weighted by Gasteiger charge is -2.15. The van der Waals surface area contributed by atoms with Crippen LogP contribution in [0, 0.1) is 3.57 Å². The average Bonchev–Trinajstić information content (AvgIpc) is 2.65. The molecule has 0 atom stereocenters. The molecule has 140 valence electrons. The van der Waals surface area contributed by atoms with Crippen molar-refractivity contribution in [3.05, 3.63) is 85.4 Å². The molecule has 0 fully saturated rings. The molecule has 3 nitrogen and oxygen atoms in total. The topological polar surface area (TPSA) is 30.5 Å². The Bertz CT molecular complexity index is 934. The molecule has 6 heteroatoms. The maximum atomic E-state index is 6.04. The number of rotatable bonds is 7. The highest BCUT2D eigenvalue weighted by Gasteiger charge is 2.12. The van der Waals surface area contributed by atoms with E-state index >= 15 is 0 Å². The van der Waals surface area contributed by atoms with Crippen molar-refractivity contribution in [2.45, 2.75) is 13.2 Å². The second-order valence-electron chi connectivity index (χ2n) is 5.89. The van der Waals surface area contributed by atoms with Crippen molar-refractivity contribution in [3.8, 4) is 11.5 Å². The van der Waals surface area contributed by atoms with E-state index in [1.807, 2.05) is 54.6 Å². The minimum absolute atomic E-state index is 0.424. The average molecular weight is 514 g/mol. The molecular formula is C21H18Cl2INO2. The van der Waals surface area contributed by atoms with Gasteiger partial charge in [-0.2, -0.15) is 0 Å². The molecule has 0 spiro atoms. The van der Waals surface area contributed by atoms with Crippen LogP contribution in [0.5, 0.6) is 11.5 Å². The molecule has 1 N–H and O–H groups in total. The number of methoxy groups -OCH3 is 1. The molecule has 0 aliphatic carbocycles. The van der Waals surface area contributed by atoms with E-state index in [0.29, 0.717) is 28.9 Å². The van der Waals surface area contributed by atoms with Gasteiger partial charge in [-0.3, -0.25) is 0 Å². The van der Waals surface area contributed by atoms with Crippen LogP contribution in [0.2, 0.25) is 10.0 Å². The van der Waals surface area contributed by atoms with E-state index in [0.717, 1.165) is 26.1 Å². The molecule has 3 aromatic rings. The Morgan fingerprint density at radius 2 is 1.67 bits per heavy atom. The number of ether oxygens (including phenoxy) is 2. The number of halogens is 3. The van der Waals surface area contributed by atoms with Crippen molar-refractivity contribution < 1.29 is 9.47 Å². The van der Waals surface area contributed by atoms with E-state index in [-0.39, 0.29) is 0 Å². The van der Waals surface area contributed by atoms with Crippen molar-refractivity contribution in [3.63, 3.8) is 0 Å². The molecular weight excluding hydrogens is 496 g/mol. The highest BCUT2D eigenvalue weighted by atomic mass is 127. The Balaban J connectivity index is 1.72. The first-order valence-corrected chi connectivity index (χ1v) is 10.1. The highest BCUT2D eigenvalue weighted by Crippen LogP contribution is 2.35. The van der Waals surface area contributed by atoms with Crippen LogP contribution in [0.1, 0.15) is 11.1 Å². The molecule has 27 heavy (non-hydrogen) atoms. The predicted molar refractivity (Wildman–Crippen MR) is 120 cm³/mol. The molecule has 0 saturated heterocycles. The summed E-state index contributed by atoms with van der Waals surface area (Å²) < 4.78 is 12.5. The molecule has 0 radical (unpaired) electrons. The van der Waals surface area contributed by atoms with Crippen LogP contribution in [0.3, 0.4) is 0 Å². The number of benzene rings is 3. The van der Waals surface area contributed by atoms with E-state index < -0.39 is 0 Å². The van der Waals surface area contributed by atoms with Crippen LogP contribution in [0.25, 0.3) is 0 Å². The standard InChI is InChI=1S/C21H18Cl2INO2/c1-26-20-10-15(12-25-18-7-3-6-17(23)11-18)9-19(24)21(20)27-13-14-4-2-5-16(22)8-14/h2-11,25H,12-13H2,1H3. The zero-order chi connectivity index (χ0) is 19.2. The normalized spacial score (nSPS) is 10.5. The van der Waals surface area contributed by atoms with Gasteiger partial charge in [0.2, 0.25) is 0 Å². The second kappa shape index (κ2) is 9.53. The quantitative estimate of drug-likeness (QED) is 0.352. The first-order valence-electron chi connectivity index (χ1n) is 8.28.